The molecule has 0 aromatic heterocycles. The highest BCUT2D eigenvalue weighted by Crippen LogP contribution is 2.27. The molecule has 0 aliphatic carbocycles. The molecule has 0 amide bonds. The normalized spacial score (nSPS) is 9.44. The van der Waals surface area contributed by atoms with Crippen LogP contribution in [-0.2, 0) is 5.11 Å². The number of rotatable bonds is 0. The molecule has 2 nitrogen and oxygen atoms in total. The lowest BCUT2D eigenvalue weighted by molar-refractivity contribution is 0.325. The third kappa shape index (κ3) is 1.27. The van der Waals surface area contributed by atoms with Crippen LogP contribution in [0.5, 0.6) is 11.5 Å². The maximum Gasteiger partial charge on any atom is 0.220 e. The van der Waals surface area contributed by atoms with E-state index >= 15 is 0 Å². The van der Waals surface area contributed by atoms with Crippen molar-refractivity contribution in [3.05, 3.63) is 23.2 Å². The zero-order chi connectivity index (χ0) is 6.85. The highest BCUT2D eigenvalue weighted by atomic mass is 35.5. The highest BCUT2D eigenvalue weighted by Gasteiger charge is 1.98. The van der Waals surface area contributed by atoms with Gasteiger partial charge in [0, 0.05) is 11.1 Å². The summed E-state index contributed by atoms with van der Waals surface area (Å²) < 4.78 is 0. The fraction of sp³-hybridized carbons (Fsp3) is 0. The molecule has 0 saturated carbocycles. The Bertz CT molecular complexity index is 222. The molecule has 0 aliphatic heterocycles. The lowest BCUT2D eigenvalue weighted by Crippen LogP contribution is -1.65. The van der Waals surface area contributed by atoms with E-state index < -0.39 is 5.75 Å². The average molecular weight is 144 g/mol. The fourth-order valence-electron chi connectivity index (χ4n) is 0.491. The number of phenolic OH excluding ortho intramolecular Hbond substituents is 1. The molecule has 0 fully saturated rings. The first-order valence-electron chi connectivity index (χ1n) is 2.35. The first-order chi connectivity index (χ1) is 4.20. The molecule has 0 aliphatic rings. The molecule has 1 radical (unpaired) electrons. The van der Waals surface area contributed by atoms with Gasteiger partial charge in [0.25, 0.3) is 0 Å². The van der Waals surface area contributed by atoms with Crippen LogP contribution in [0.25, 0.3) is 0 Å². The summed E-state index contributed by atoms with van der Waals surface area (Å²) in [6.45, 7) is 0. The van der Waals surface area contributed by atoms with Crippen LogP contribution in [-0.4, -0.2) is 5.11 Å². The summed E-state index contributed by atoms with van der Waals surface area (Å²) in [5.41, 5.74) is 0. The fourth-order valence-corrected chi connectivity index (χ4v) is 0.657. The molecule has 0 unspecified atom stereocenters. The molecule has 9 heavy (non-hydrogen) atoms. The van der Waals surface area contributed by atoms with Gasteiger partial charge in [0.15, 0.2) is 5.75 Å². The Labute approximate surface area is 57.3 Å². The van der Waals surface area contributed by atoms with Gasteiger partial charge >= 0.3 is 0 Å². The van der Waals surface area contributed by atoms with Crippen LogP contribution in [0.15, 0.2) is 18.2 Å². The van der Waals surface area contributed by atoms with Crippen molar-refractivity contribution in [1.82, 2.24) is 0 Å². The molecule has 1 rings (SSSR count). The van der Waals surface area contributed by atoms with E-state index in [1.165, 1.54) is 18.2 Å². The second-order valence-electron chi connectivity index (χ2n) is 1.61. The second-order valence-corrected chi connectivity index (χ2v) is 2.05. The minimum absolute atomic E-state index is 0.303. The summed E-state index contributed by atoms with van der Waals surface area (Å²) in [4.78, 5) is 0. The maximum atomic E-state index is 10.5. The van der Waals surface area contributed by atoms with Gasteiger partial charge in [-0.05, 0) is 12.1 Å². The van der Waals surface area contributed by atoms with Crippen LogP contribution < -0.4 is 0 Å². The van der Waals surface area contributed by atoms with E-state index in [2.05, 4.69) is 0 Å². The van der Waals surface area contributed by atoms with E-state index in [1.54, 1.807) is 0 Å². The first kappa shape index (κ1) is 6.23. The summed E-state index contributed by atoms with van der Waals surface area (Å²) in [5.74, 6) is -0.707. The van der Waals surface area contributed by atoms with Gasteiger partial charge in [0.1, 0.15) is 0 Å². The monoisotopic (exact) mass is 143 g/mol. The zero-order valence-electron chi connectivity index (χ0n) is 4.47. The Morgan fingerprint density at radius 2 is 2.11 bits per heavy atom. The molecule has 0 atom stereocenters. The molecule has 3 heteroatoms. The summed E-state index contributed by atoms with van der Waals surface area (Å²) >= 11 is 5.42. The second kappa shape index (κ2) is 2.15. The van der Waals surface area contributed by atoms with E-state index in [4.69, 9.17) is 16.7 Å². The van der Waals surface area contributed by atoms with Crippen molar-refractivity contribution in [3.8, 4) is 11.5 Å². The zero-order valence-corrected chi connectivity index (χ0v) is 5.22. The average Bonchev–Trinajstić information content (AvgIpc) is 1.80. The maximum absolute atomic E-state index is 10.5. The molecule has 0 heterocycles. The van der Waals surface area contributed by atoms with Crippen molar-refractivity contribution in [2.75, 3.05) is 0 Å². The Balaban J connectivity index is 3.17. The van der Waals surface area contributed by atoms with Crippen molar-refractivity contribution >= 4 is 11.6 Å². The van der Waals surface area contributed by atoms with Crippen LogP contribution in [0.3, 0.4) is 0 Å². The van der Waals surface area contributed by atoms with Crippen molar-refractivity contribution in [3.63, 3.8) is 0 Å². The number of hydrogen-bond acceptors (Lipinski definition) is 1. The molecule has 1 N–H and O–H groups in total. The summed E-state index contributed by atoms with van der Waals surface area (Å²) in [7, 11) is 0. The highest BCUT2D eigenvalue weighted by molar-refractivity contribution is 6.30. The molecular formula is C6H4ClO2. The van der Waals surface area contributed by atoms with Crippen LogP contribution in [0, 0.1) is 0 Å². The Kier molecular flexibility index (Phi) is 1.49. The third-order valence-electron chi connectivity index (χ3n) is 0.921. The predicted octanol–water partition coefficient (Wildman–Crippen LogP) is 2.19. The number of benzene rings is 1. The van der Waals surface area contributed by atoms with Crippen molar-refractivity contribution < 1.29 is 10.2 Å². The quantitative estimate of drug-likeness (QED) is 0.594. The SMILES string of the molecule is [O]c1ccc(Cl)cc1O. The van der Waals surface area contributed by atoms with E-state index in [9.17, 15) is 5.11 Å². The van der Waals surface area contributed by atoms with E-state index in [0.29, 0.717) is 5.02 Å². The smallest absolute Gasteiger partial charge is 0.220 e. The van der Waals surface area contributed by atoms with Crippen LogP contribution in [0.1, 0.15) is 0 Å². The number of aromatic hydroxyl groups is 1. The van der Waals surface area contributed by atoms with Gasteiger partial charge < -0.3 is 5.11 Å². The summed E-state index contributed by atoms with van der Waals surface area (Å²) in [6, 6.07) is 3.87. The number of halogens is 1. The van der Waals surface area contributed by atoms with Gasteiger partial charge in [-0.15, -0.1) is 0 Å². The van der Waals surface area contributed by atoms with E-state index in [-0.39, 0.29) is 5.75 Å². The Morgan fingerprint density at radius 3 is 2.56 bits per heavy atom. The standard InChI is InChI=1S/C6H4ClO2/c7-4-1-2-5(8)6(9)3-4/h1-3,9H. The van der Waals surface area contributed by atoms with Gasteiger partial charge in [-0.1, -0.05) is 11.6 Å². The lowest BCUT2D eigenvalue weighted by Gasteiger charge is -1.91. The minimum Gasteiger partial charge on any atom is -0.504 e. The van der Waals surface area contributed by atoms with E-state index in [0.717, 1.165) is 0 Å². The first-order valence-corrected chi connectivity index (χ1v) is 2.73. The van der Waals surface area contributed by atoms with E-state index in [1.807, 2.05) is 0 Å². The van der Waals surface area contributed by atoms with Crippen molar-refractivity contribution in [1.29, 1.82) is 0 Å². The lowest BCUT2D eigenvalue weighted by atomic mass is 10.3. The molecule has 0 bridgehead atoms. The van der Waals surface area contributed by atoms with Crippen LogP contribution >= 0.6 is 11.6 Å². The molecule has 0 spiro atoms. The Morgan fingerprint density at radius 1 is 1.44 bits per heavy atom. The number of phenols is 1. The van der Waals surface area contributed by atoms with Gasteiger partial charge in [0.05, 0.1) is 0 Å². The minimum atomic E-state index is -0.403. The number of hydrogen-bond donors (Lipinski definition) is 1. The van der Waals surface area contributed by atoms with Gasteiger partial charge in [0.2, 0.25) is 5.75 Å². The summed E-state index contributed by atoms with van der Waals surface area (Å²) in [5, 5.41) is 19.5. The topological polar surface area (TPSA) is 40.1 Å². The molecular weight excluding hydrogens is 140 g/mol. The summed E-state index contributed by atoms with van der Waals surface area (Å²) in [6.07, 6.45) is 0. The molecule has 47 valence electrons. The van der Waals surface area contributed by atoms with Gasteiger partial charge in [-0.2, -0.15) is 0 Å². The van der Waals surface area contributed by atoms with Crippen LogP contribution in [0.4, 0.5) is 0 Å². The van der Waals surface area contributed by atoms with Gasteiger partial charge in [-0.25, -0.2) is 0 Å². The van der Waals surface area contributed by atoms with Crippen LogP contribution in [0.2, 0.25) is 5.02 Å². The third-order valence-corrected chi connectivity index (χ3v) is 1.16. The van der Waals surface area contributed by atoms with Crippen molar-refractivity contribution in [2.45, 2.75) is 0 Å². The molecule has 1 aromatic carbocycles. The predicted molar refractivity (Wildman–Crippen MR) is 33.2 cm³/mol. The largest absolute Gasteiger partial charge is 0.504 e. The Hall–Kier alpha value is -0.890. The van der Waals surface area contributed by atoms with Gasteiger partial charge in [-0.3, -0.25) is 5.11 Å². The van der Waals surface area contributed by atoms with Crippen molar-refractivity contribution in [2.24, 2.45) is 0 Å². The molecule has 0 saturated heterocycles. The molecule has 1 aromatic rings.